The summed E-state index contributed by atoms with van der Waals surface area (Å²) in [7, 11) is 0. The highest BCUT2D eigenvalue weighted by atomic mass is 15.1. The van der Waals surface area contributed by atoms with Crippen molar-refractivity contribution in [2.75, 3.05) is 5.32 Å². The van der Waals surface area contributed by atoms with Gasteiger partial charge >= 0.3 is 0 Å². The summed E-state index contributed by atoms with van der Waals surface area (Å²) < 4.78 is 2.20. The zero-order valence-electron chi connectivity index (χ0n) is 11.2. The Hall–Kier alpha value is -1.84. The van der Waals surface area contributed by atoms with Crippen molar-refractivity contribution in [2.45, 2.75) is 33.9 Å². The molecule has 0 saturated carbocycles. The Morgan fingerprint density at radius 1 is 1.28 bits per heavy atom. The Bertz CT molecular complexity index is 502. The molecule has 18 heavy (non-hydrogen) atoms. The van der Waals surface area contributed by atoms with Gasteiger partial charge in [-0.2, -0.15) is 0 Å². The predicted molar refractivity (Wildman–Crippen MR) is 73.4 cm³/mol. The van der Waals surface area contributed by atoms with Crippen molar-refractivity contribution < 1.29 is 0 Å². The quantitative estimate of drug-likeness (QED) is 0.879. The third-order valence-electron chi connectivity index (χ3n) is 2.71. The molecule has 0 aromatic carbocycles. The number of hydrogen-bond donors (Lipinski definition) is 1. The highest BCUT2D eigenvalue weighted by Gasteiger charge is 2.04. The van der Waals surface area contributed by atoms with Gasteiger partial charge in [-0.15, -0.1) is 0 Å². The first-order chi connectivity index (χ1) is 8.65. The van der Waals surface area contributed by atoms with Gasteiger partial charge in [0.05, 0.1) is 6.54 Å². The molecule has 0 amide bonds. The third-order valence-corrected chi connectivity index (χ3v) is 2.71. The smallest absolute Gasteiger partial charge is 0.128 e. The maximum absolute atomic E-state index is 4.39. The number of rotatable bonds is 5. The van der Waals surface area contributed by atoms with E-state index in [1.807, 2.05) is 37.6 Å². The molecule has 2 rings (SSSR count). The molecule has 0 fully saturated rings. The summed E-state index contributed by atoms with van der Waals surface area (Å²) in [5.74, 6) is 1.69. The molecule has 2 aromatic rings. The van der Waals surface area contributed by atoms with E-state index < -0.39 is 0 Å². The molecule has 0 atom stereocenters. The summed E-state index contributed by atoms with van der Waals surface area (Å²) in [4.78, 5) is 8.57. The molecule has 0 unspecified atom stereocenters. The average molecular weight is 244 g/mol. The van der Waals surface area contributed by atoms with E-state index in [1.54, 1.807) is 0 Å². The normalized spacial score (nSPS) is 10.9. The van der Waals surface area contributed by atoms with Crippen molar-refractivity contribution in [2.24, 2.45) is 5.92 Å². The van der Waals surface area contributed by atoms with Crippen LogP contribution in [-0.2, 0) is 13.1 Å². The lowest BCUT2D eigenvalue weighted by molar-refractivity contribution is 0.509. The van der Waals surface area contributed by atoms with Crippen LogP contribution in [0.25, 0.3) is 0 Å². The molecule has 0 saturated heterocycles. The average Bonchev–Trinajstić information content (AvgIpc) is 2.73. The Balaban J connectivity index is 2.00. The number of aryl methyl sites for hydroxylation is 1. The minimum atomic E-state index is 0.626. The summed E-state index contributed by atoms with van der Waals surface area (Å²) in [6.07, 6.45) is 5.71. The Morgan fingerprint density at radius 3 is 2.83 bits per heavy atom. The van der Waals surface area contributed by atoms with E-state index in [0.717, 1.165) is 30.3 Å². The fraction of sp³-hybridized carbons (Fsp3) is 0.429. The van der Waals surface area contributed by atoms with Crippen molar-refractivity contribution in [1.29, 1.82) is 0 Å². The maximum atomic E-state index is 4.39. The van der Waals surface area contributed by atoms with Crippen LogP contribution < -0.4 is 5.32 Å². The maximum Gasteiger partial charge on any atom is 0.128 e. The Kier molecular flexibility index (Phi) is 3.97. The second kappa shape index (κ2) is 5.67. The van der Waals surface area contributed by atoms with E-state index in [4.69, 9.17) is 0 Å². The van der Waals surface area contributed by atoms with Crippen LogP contribution in [0.1, 0.15) is 25.4 Å². The van der Waals surface area contributed by atoms with Gasteiger partial charge < -0.3 is 9.88 Å². The second-order valence-electron chi connectivity index (χ2n) is 4.93. The van der Waals surface area contributed by atoms with E-state index in [9.17, 15) is 0 Å². The lowest BCUT2D eigenvalue weighted by atomic mass is 10.2. The first-order valence-electron chi connectivity index (χ1n) is 6.31. The van der Waals surface area contributed by atoms with Gasteiger partial charge in [-0.05, 0) is 25.0 Å². The van der Waals surface area contributed by atoms with Crippen LogP contribution in [0.5, 0.6) is 0 Å². The van der Waals surface area contributed by atoms with Gasteiger partial charge in [-0.3, -0.25) is 4.98 Å². The van der Waals surface area contributed by atoms with Crippen molar-refractivity contribution >= 4 is 5.69 Å². The SMILES string of the molecule is Cc1cc(NCc2nccn2CC(C)C)ccn1. The fourth-order valence-electron chi connectivity index (χ4n) is 1.90. The Morgan fingerprint density at radius 2 is 2.11 bits per heavy atom. The largest absolute Gasteiger partial charge is 0.378 e. The first-order valence-corrected chi connectivity index (χ1v) is 6.31. The highest BCUT2D eigenvalue weighted by Crippen LogP contribution is 2.10. The molecule has 96 valence electrons. The van der Waals surface area contributed by atoms with E-state index in [0.29, 0.717) is 5.92 Å². The van der Waals surface area contributed by atoms with E-state index in [2.05, 4.69) is 33.7 Å². The molecule has 4 heteroatoms. The predicted octanol–water partition coefficient (Wildman–Crippen LogP) is 2.85. The van der Waals surface area contributed by atoms with Crippen LogP contribution in [-0.4, -0.2) is 14.5 Å². The highest BCUT2D eigenvalue weighted by molar-refractivity contribution is 5.42. The zero-order valence-corrected chi connectivity index (χ0v) is 11.2. The van der Waals surface area contributed by atoms with Crippen LogP contribution in [0.4, 0.5) is 5.69 Å². The number of pyridine rings is 1. The van der Waals surface area contributed by atoms with Crippen LogP contribution >= 0.6 is 0 Å². The molecule has 0 aliphatic heterocycles. The summed E-state index contributed by atoms with van der Waals surface area (Å²) in [5.41, 5.74) is 2.10. The summed E-state index contributed by atoms with van der Waals surface area (Å²) in [6.45, 7) is 8.16. The molecule has 0 spiro atoms. The van der Waals surface area contributed by atoms with Crippen LogP contribution in [0, 0.1) is 12.8 Å². The van der Waals surface area contributed by atoms with E-state index >= 15 is 0 Å². The lowest BCUT2D eigenvalue weighted by Gasteiger charge is -2.11. The number of nitrogens with zero attached hydrogens (tertiary/aromatic N) is 3. The van der Waals surface area contributed by atoms with Gasteiger partial charge in [-0.25, -0.2) is 4.98 Å². The first kappa shape index (κ1) is 12.6. The lowest BCUT2D eigenvalue weighted by Crippen LogP contribution is -2.11. The monoisotopic (exact) mass is 244 g/mol. The molecule has 0 aliphatic carbocycles. The summed E-state index contributed by atoms with van der Waals surface area (Å²) >= 11 is 0. The summed E-state index contributed by atoms with van der Waals surface area (Å²) in [6, 6.07) is 4.01. The molecule has 0 aliphatic rings. The zero-order chi connectivity index (χ0) is 13.0. The van der Waals surface area contributed by atoms with Crippen molar-refractivity contribution in [3.05, 3.63) is 42.2 Å². The Labute approximate surface area is 108 Å². The molecular formula is C14H20N4. The number of nitrogens with one attached hydrogen (secondary N) is 1. The van der Waals surface area contributed by atoms with Gasteiger partial charge in [0.15, 0.2) is 0 Å². The molecule has 0 bridgehead atoms. The standard InChI is InChI=1S/C14H20N4/c1-11(2)10-18-7-6-16-14(18)9-17-13-4-5-15-12(3)8-13/h4-8,11H,9-10H2,1-3H3,(H,15,17). The molecule has 2 heterocycles. The van der Waals surface area contributed by atoms with Gasteiger partial charge in [-0.1, -0.05) is 13.8 Å². The van der Waals surface area contributed by atoms with E-state index in [-0.39, 0.29) is 0 Å². The number of imidazole rings is 1. The number of anilines is 1. The molecule has 0 radical (unpaired) electrons. The van der Waals surface area contributed by atoms with E-state index in [1.165, 1.54) is 0 Å². The fourth-order valence-corrected chi connectivity index (χ4v) is 1.90. The minimum absolute atomic E-state index is 0.626. The third kappa shape index (κ3) is 3.32. The molecule has 2 aromatic heterocycles. The minimum Gasteiger partial charge on any atom is -0.378 e. The van der Waals surface area contributed by atoms with Gasteiger partial charge in [0.1, 0.15) is 5.82 Å². The number of hydrogen-bond acceptors (Lipinski definition) is 3. The van der Waals surface area contributed by atoms with Gasteiger partial charge in [0, 0.05) is 36.5 Å². The second-order valence-corrected chi connectivity index (χ2v) is 4.93. The van der Waals surface area contributed by atoms with Crippen molar-refractivity contribution in [3.8, 4) is 0 Å². The van der Waals surface area contributed by atoms with Crippen LogP contribution in [0.3, 0.4) is 0 Å². The van der Waals surface area contributed by atoms with Crippen LogP contribution in [0.15, 0.2) is 30.7 Å². The van der Waals surface area contributed by atoms with Crippen molar-refractivity contribution in [1.82, 2.24) is 14.5 Å². The van der Waals surface area contributed by atoms with Gasteiger partial charge in [0.2, 0.25) is 0 Å². The molecule has 4 nitrogen and oxygen atoms in total. The molecular weight excluding hydrogens is 224 g/mol. The van der Waals surface area contributed by atoms with Crippen molar-refractivity contribution in [3.63, 3.8) is 0 Å². The topological polar surface area (TPSA) is 42.7 Å². The number of aromatic nitrogens is 3. The molecule has 1 N–H and O–H groups in total. The van der Waals surface area contributed by atoms with Crippen LogP contribution in [0.2, 0.25) is 0 Å². The summed E-state index contributed by atoms with van der Waals surface area (Å²) in [5, 5.41) is 3.38. The van der Waals surface area contributed by atoms with Gasteiger partial charge in [0.25, 0.3) is 0 Å².